The predicted molar refractivity (Wildman–Crippen MR) is 65.7 cm³/mol. The Morgan fingerprint density at radius 2 is 2.00 bits per heavy atom. The average Bonchev–Trinajstić information content (AvgIpc) is 2.66. The Bertz CT molecular complexity index is 278. The lowest BCUT2D eigenvalue weighted by molar-refractivity contribution is -0.149. The highest BCUT2D eigenvalue weighted by Crippen LogP contribution is 2.25. The first-order valence-electron chi connectivity index (χ1n) is 6.60. The molecule has 0 aromatic heterocycles. The molecule has 1 aliphatic heterocycles. The van der Waals surface area contributed by atoms with Crippen LogP contribution in [0, 0.1) is 5.92 Å². The van der Waals surface area contributed by atoms with Crippen LogP contribution in [0.5, 0.6) is 0 Å². The minimum atomic E-state index is -0.864. The SMILES string of the molecule is CCCCCCC(=O)N1CCC(C)C1C(=O)O. The Labute approximate surface area is 103 Å². The van der Waals surface area contributed by atoms with Crippen LogP contribution in [0.2, 0.25) is 0 Å². The Morgan fingerprint density at radius 3 is 2.59 bits per heavy atom. The first-order chi connectivity index (χ1) is 8.07. The number of carbonyl (C=O) groups is 2. The molecular weight excluding hydrogens is 218 g/mol. The fraction of sp³-hybridized carbons (Fsp3) is 0.846. The third-order valence-electron chi connectivity index (χ3n) is 3.52. The first-order valence-corrected chi connectivity index (χ1v) is 6.60. The molecule has 17 heavy (non-hydrogen) atoms. The zero-order chi connectivity index (χ0) is 12.8. The Kier molecular flexibility index (Phi) is 5.45. The number of carbonyl (C=O) groups excluding carboxylic acids is 1. The van der Waals surface area contributed by atoms with E-state index in [1.165, 1.54) is 0 Å². The molecule has 4 heteroatoms. The van der Waals surface area contributed by atoms with Crippen LogP contribution in [-0.2, 0) is 9.59 Å². The van der Waals surface area contributed by atoms with Crippen LogP contribution in [-0.4, -0.2) is 34.5 Å². The zero-order valence-electron chi connectivity index (χ0n) is 10.8. The van der Waals surface area contributed by atoms with Crippen LogP contribution in [0.15, 0.2) is 0 Å². The Morgan fingerprint density at radius 1 is 1.29 bits per heavy atom. The van der Waals surface area contributed by atoms with E-state index in [0.29, 0.717) is 13.0 Å². The van der Waals surface area contributed by atoms with Crippen molar-refractivity contribution in [2.24, 2.45) is 5.92 Å². The molecule has 0 aliphatic carbocycles. The van der Waals surface area contributed by atoms with E-state index in [9.17, 15) is 9.59 Å². The largest absolute Gasteiger partial charge is 0.480 e. The number of rotatable bonds is 6. The molecule has 1 saturated heterocycles. The van der Waals surface area contributed by atoms with Gasteiger partial charge in [0, 0.05) is 13.0 Å². The number of carboxylic acid groups (broad SMARTS) is 1. The maximum absolute atomic E-state index is 11.9. The standard InChI is InChI=1S/C13H23NO3/c1-3-4-5-6-7-11(15)14-9-8-10(2)12(14)13(16)17/h10,12H,3-9H2,1-2H3,(H,16,17). The van der Waals surface area contributed by atoms with Crippen molar-refractivity contribution < 1.29 is 14.7 Å². The van der Waals surface area contributed by atoms with Crippen LogP contribution in [0.1, 0.15) is 52.4 Å². The number of hydrogen-bond acceptors (Lipinski definition) is 2. The summed E-state index contributed by atoms with van der Waals surface area (Å²) in [5.74, 6) is -0.776. The molecule has 0 saturated carbocycles. The quantitative estimate of drug-likeness (QED) is 0.726. The summed E-state index contributed by atoms with van der Waals surface area (Å²) in [4.78, 5) is 24.6. The smallest absolute Gasteiger partial charge is 0.326 e. The highest BCUT2D eigenvalue weighted by atomic mass is 16.4. The van der Waals surface area contributed by atoms with E-state index >= 15 is 0 Å². The normalized spacial score (nSPS) is 24.0. The monoisotopic (exact) mass is 241 g/mol. The van der Waals surface area contributed by atoms with E-state index < -0.39 is 12.0 Å². The van der Waals surface area contributed by atoms with Gasteiger partial charge in [-0.05, 0) is 18.8 Å². The van der Waals surface area contributed by atoms with Gasteiger partial charge in [0.05, 0.1) is 0 Å². The summed E-state index contributed by atoms with van der Waals surface area (Å²) in [5.41, 5.74) is 0. The molecule has 1 heterocycles. The summed E-state index contributed by atoms with van der Waals surface area (Å²) < 4.78 is 0. The van der Waals surface area contributed by atoms with Gasteiger partial charge in [-0.3, -0.25) is 4.79 Å². The molecule has 0 aromatic carbocycles. The van der Waals surface area contributed by atoms with Crippen molar-refractivity contribution in [1.82, 2.24) is 4.90 Å². The number of unbranched alkanes of at least 4 members (excludes halogenated alkanes) is 3. The van der Waals surface area contributed by atoms with E-state index in [2.05, 4.69) is 6.92 Å². The van der Waals surface area contributed by atoms with Crippen LogP contribution in [0.4, 0.5) is 0 Å². The molecule has 0 spiro atoms. The molecule has 2 unspecified atom stereocenters. The third-order valence-corrected chi connectivity index (χ3v) is 3.52. The highest BCUT2D eigenvalue weighted by Gasteiger charge is 2.38. The van der Waals surface area contributed by atoms with E-state index in [0.717, 1.165) is 32.1 Å². The van der Waals surface area contributed by atoms with Crippen molar-refractivity contribution in [3.8, 4) is 0 Å². The second kappa shape index (κ2) is 6.62. The number of amides is 1. The minimum absolute atomic E-state index is 0.0119. The fourth-order valence-corrected chi connectivity index (χ4v) is 2.45. The topological polar surface area (TPSA) is 57.6 Å². The van der Waals surface area contributed by atoms with Crippen molar-refractivity contribution in [2.45, 2.75) is 58.4 Å². The van der Waals surface area contributed by atoms with Gasteiger partial charge in [-0.25, -0.2) is 4.79 Å². The number of carboxylic acids is 1. The second-order valence-electron chi connectivity index (χ2n) is 4.95. The lowest BCUT2D eigenvalue weighted by Gasteiger charge is -2.23. The van der Waals surface area contributed by atoms with E-state index in [1.54, 1.807) is 4.90 Å². The molecule has 98 valence electrons. The van der Waals surface area contributed by atoms with Crippen LogP contribution < -0.4 is 0 Å². The molecule has 0 aromatic rings. The molecule has 0 bridgehead atoms. The molecule has 1 amide bonds. The number of nitrogens with zero attached hydrogens (tertiary/aromatic N) is 1. The average molecular weight is 241 g/mol. The number of aliphatic carboxylic acids is 1. The zero-order valence-corrected chi connectivity index (χ0v) is 10.8. The van der Waals surface area contributed by atoms with Crippen molar-refractivity contribution in [3.05, 3.63) is 0 Å². The molecule has 1 aliphatic rings. The summed E-state index contributed by atoms with van der Waals surface area (Å²) in [6.45, 7) is 4.64. The Balaban J connectivity index is 2.42. The minimum Gasteiger partial charge on any atom is -0.480 e. The van der Waals surface area contributed by atoms with Crippen molar-refractivity contribution in [3.63, 3.8) is 0 Å². The summed E-state index contributed by atoms with van der Waals surface area (Å²) in [5, 5.41) is 9.12. The van der Waals surface area contributed by atoms with Crippen molar-refractivity contribution in [1.29, 1.82) is 0 Å². The van der Waals surface area contributed by atoms with Gasteiger partial charge in [0.15, 0.2) is 0 Å². The fourth-order valence-electron chi connectivity index (χ4n) is 2.45. The van der Waals surface area contributed by atoms with Gasteiger partial charge in [0.25, 0.3) is 0 Å². The maximum Gasteiger partial charge on any atom is 0.326 e. The molecule has 0 radical (unpaired) electrons. The van der Waals surface area contributed by atoms with Crippen LogP contribution in [0.25, 0.3) is 0 Å². The molecule has 1 rings (SSSR count). The highest BCUT2D eigenvalue weighted by molar-refractivity contribution is 5.84. The summed E-state index contributed by atoms with van der Waals surface area (Å²) >= 11 is 0. The Hall–Kier alpha value is -1.06. The maximum atomic E-state index is 11.9. The number of likely N-dealkylation sites (tertiary alicyclic amines) is 1. The lowest BCUT2D eigenvalue weighted by Crippen LogP contribution is -2.42. The summed E-state index contributed by atoms with van der Waals surface area (Å²) in [6.07, 6.45) is 5.53. The van der Waals surface area contributed by atoms with Gasteiger partial charge in [0.2, 0.25) is 5.91 Å². The van der Waals surface area contributed by atoms with Gasteiger partial charge in [0.1, 0.15) is 6.04 Å². The molecule has 4 nitrogen and oxygen atoms in total. The lowest BCUT2D eigenvalue weighted by atomic mass is 10.0. The van der Waals surface area contributed by atoms with Gasteiger partial charge in [-0.15, -0.1) is 0 Å². The van der Waals surface area contributed by atoms with Gasteiger partial charge < -0.3 is 10.0 Å². The predicted octanol–water partition coefficient (Wildman–Crippen LogP) is 2.28. The van der Waals surface area contributed by atoms with Crippen LogP contribution in [0.3, 0.4) is 0 Å². The van der Waals surface area contributed by atoms with Crippen LogP contribution >= 0.6 is 0 Å². The molecular formula is C13H23NO3. The van der Waals surface area contributed by atoms with Gasteiger partial charge in [-0.2, -0.15) is 0 Å². The molecule has 1 fully saturated rings. The third kappa shape index (κ3) is 3.72. The second-order valence-corrected chi connectivity index (χ2v) is 4.95. The summed E-state index contributed by atoms with van der Waals surface area (Å²) in [7, 11) is 0. The molecule has 2 atom stereocenters. The summed E-state index contributed by atoms with van der Waals surface area (Å²) in [6, 6.07) is -0.603. The van der Waals surface area contributed by atoms with E-state index in [1.807, 2.05) is 6.92 Å². The van der Waals surface area contributed by atoms with Gasteiger partial charge >= 0.3 is 5.97 Å². The number of hydrogen-bond donors (Lipinski definition) is 1. The van der Waals surface area contributed by atoms with E-state index in [4.69, 9.17) is 5.11 Å². The van der Waals surface area contributed by atoms with Crippen molar-refractivity contribution in [2.75, 3.05) is 6.54 Å². The van der Waals surface area contributed by atoms with E-state index in [-0.39, 0.29) is 11.8 Å². The van der Waals surface area contributed by atoms with Crippen molar-refractivity contribution >= 4 is 11.9 Å². The molecule has 1 N–H and O–H groups in total. The first kappa shape index (κ1) is 14.0. The van der Waals surface area contributed by atoms with Gasteiger partial charge in [-0.1, -0.05) is 33.1 Å².